The Kier molecular flexibility index (Phi) is 4.57. The van der Waals surface area contributed by atoms with Crippen molar-refractivity contribution in [2.45, 2.75) is 54.0 Å². The molecule has 92 valence electrons. The summed E-state index contributed by atoms with van der Waals surface area (Å²) in [5.74, 6) is 0. The van der Waals surface area contributed by atoms with Gasteiger partial charge in [-0.05, 0) is 43.9 Å². The van der Waals surface area contributed by atoms with Gasteiger partial charge in [-0.1, -0.05) is 27.7 Å². The fourth-order valence-corrected chi connectivity index (χ4v) is 3.40. The number of nitrogens with one attached hydrogen (secondary N) is 1. The zero-order valence-electron chi connectivity index (χ0n) is 11.5. The summed E-state index contributed by atoms with van der Waals surface area (Å²) in [7, 11) is 0. The van der Waals surface area contributed by atoms with Gasteiger partial charge >= 0.3 is 0 Å². The Balaban J connectivity index is 3.07. The van der Waals surface area contributed by atoms with Gasteiger partial charge in [-0.25, -0.2) is 0 Å². The number of hydrogen-bond acceptors (Lipinski definition) is 2. The first-order valence-corrected chi connectivity index (χ1v) is 7.04. The number of thiophene rings is 1. The first kappa shape index (κ1) is 13.7. The zero-order valence-corrected chi connectivity index (χ0v) is 12.3. The van der Waals surface area contributed by atoms with Crippen LogP contribution in [0.3, 0.4) is 0 Å². The van der Waals surface area contributed by atoms with Gasteiger partial charge < -0.3 is 5.32 Å². The minimum absolute atomic E-state index is 0.318. The molecule has 0 aliphatic heterocycles. The second kappa shape index (κ2) is 5.33. The average Bonchev–Trinajstić information content (AvgIpc) is 2.54. The van der Waals surface area contributed by atoms with Gasteiger partial charge in [-0.3, -0.25) is 0 Å². The lowest BCUT2D eigenvalue weighted by atomic mass is 9.80. The maximum absolute atomic E-state index is 3.65. The van der Waals surface area contributed by atoms with Crippen molar-refractivity contribution in [3.8, 4) is 0 Å². The summed E-state index contributed by atoms with van der Waals surface area (Å²) < 4.78 is 0. The molecule has 1 aromatic rings. The molecule has 0 saturated carbocycles. The number of hydrogen-bond donors (Lipinski definition) is 1. The third kappa shape index (κ3) is 2.86. The Labute approximate surface area is 104 Å². The van der Waals surface area contributed by atoms with E-state index in [9.17, 15) is 0 Å². The highest BCUT2D eigenvalue weighted by Crippen LogP contribution is 2.40. The van der Waals surface area contributed by atoms with Gasteiger partial charge in [-0.2, -0.15) is 0 Å². The van der Waals surface area contributed by atoms with Gasteiger partial charge in [-0.15, -0.1) is 11.3 Å². The molecule has 0 amide bonds. The van der Waals surface area contributed by atoms with Crippen molar-refractivity contribution in [2.24, 2.45) is 5.41 Å². The van der Waals surface area contributed by atoms with Crippen LogP contribution in [-0.4, -0.2) is 6.54 Å². The van der Waals surface area contributed by atoms with Crippen molar-refractivity contribution < 1.29 is 0 Å². The van der Waals surface area contributed by atoms with E-state index in [0.29, 0.717) is 11.5 Å². The van der Waals surface area contributed by atoms with Gasteiger partial charge in [0.25, 0.3) is 0 Å². The van der Waals surface area contributed by atoms with E-state index in [4.69, 9.17) is 0 Å². The van der Waals surface area contributed by atoms with Crippen LogP contribution < -0.4 is 5.32 Å². The quantitative estimate of drug-likeness (QED) is 0.800. The van der Waals surface area contributed by atoms with Crippen molar-refractivity contribution in [1.29, 1.82) is 0 Å². The predicted octanol–water partition coefficient (Wildman–Crippen LogP) is 4.45. The third-order valence-electron chi connectivity index (χ3n) is 3.44. The lowest BCUT2D eigenvalue weighted by Crippen LogP contribution is -2.33. The fraction of sp³-hybridized carbons (Fsp3) is 0.714. The molecule has 1 nitrogen and oxygen atoms in total. The number of aryl methyl sites for hydroxylation is 2. The Morgan fingerprint density at radius 1 is 1.31 bits per heavy atom. The topological polar surface area (TPSA) is 12.0 Å². The van der Waals surface area contributed by atoms with Gasteiger partial charge in [0.05, 0.1) is 0 Å². The molecular weight excluding hydrogens is 214 g/mol. The first-order chi connectivity index (χ1) is 7.42. The monoisotopic (exact) mass is 239 g/mol. The SMILES string of the molecule is CCNC(c1sc(C)cc1C)C(C)(C)CC. The van der Waals surface area contributed by atoms with E-state index in [0.717, 1.165) is 6.54 Å². The molecule has 0 aliphatic rings. The molecule has 1 atom stereocenters. The molecule has 1 N–H and O–H groups in total. The molecule has 0 fully saturated rings. The van der Waals surface area contributed by atoms with E-state index in [1.165, 1.54) is 21.7 Å². The number of rotatable bonds is 5. The van der Waals surface area contributed by atoms with Crippen molar-refractivity contribution >= 4 is 11.3 Å². The van der Waals surface area contributed by atoms with Crippen LogP contribution in [0, 0.1) is 19.3 Å². The van der Waals surface area contributed by atoms with Crippen LogP contribution in [-0.2, 0) is 0 Å². The van der Waals surface area contributed by atoms with Crippen LogP contribution in [0.15, 0.2) is 6.07 Å². The van der Waals surface area contributed by atoms with Crippen molar-refractivity contribution in [3.05, 3.63) is 21.4 Å². The van der Waals surface area contributed by atoms with E-state index in [1.54, 1.807) is 0 Å². The molecule has 16 heavy (non-hydrogen) atoms. The Morgan fingerprint density at radius 2 is 1.94 bits per heavy atom. The fourth-order valence-electron chi connectivity index (χ4n) is 2.08. The smallest absolute Gasteiger partial charge is 0.0469 e. The van der Waals surface area contributed by atoms with E-state index in [-0.39, 0.29) is 0 Å². The second-order valence-corrected chi connectivity index (χ2v) is 6.53. The van der Waals surface area contributed by atoms with Crippen LogP contribution in [0.2, 0.25) is 0 Å². The maximum Gasteiger partial charge on any atom is 0.0469 e. The van der Waals surface area contributed by atoms with Crippen LogP contribution in [0.5, 0.6) is 0 Å². The lowest BCUT2D eigenvalue weighted by molar-refractivity contribution is 0.240. The average molecular weight is 239 g/mol. The Morgan fingerprint density at radius 3 is 2.31 bits per heavy atom. The van der Waals surface area contributed by atoms with E-state index < -0.39 is 0 Å². The molecule has 0 bridgehead atoms. The minimum atomic E-state index is 0.318. The van der Waals surface area contributed by atoms with Crippen molar-refractivity contribution in [2.75, 3.05) is 6.54 Å². The first-order valence-electron chi connectivity index (χ1n) is 6.22. The maximum atomic E-state index is 3.65. The molecule has 0 spiro atoms. The predicted molar refractivity (Wildman–Crippen MR) is 74.3 cm³/mol. The summed E-state index contributed by atoms with van der Waals surface area (Å²) in [6.45, 7) is 14.6. The van der Waals surface area contributed by atoms with Crippen molar-refractivity contribution in [3.63, 3.8) is 0 Å². The lowest BCUT2D eigenvalue weighted by Gasteiger charge is -2.34. The third-order valence-corrected chi connectivity index (χ3v) is 4.66. The van der Waals surface area contributed by atoms with Crippen LogP contribution in [0.1, 0.15) is 55.5 Å². The van der Waals surface area contributed by atoms with Gasteiger partial charge in [0, 0.05) is 15.8 Å². The highest BCUT2D eigenvalue weighted by atomic mass is 32.1. The summed E-state index contributed by atoms with van der Waals surface area (Å²) in [4.78, 5) is 2.94. The molecule has 0 radical (unpaired) electrons. The summed E-state index contributed by atoms with van der Waals surface area (Å²) in [6.07, 6.45) is 1.20. The summed E-state index contributed by atoms with van der Waals surface area (Å²) in [6, 6.07) is 2.79. The Hall–Kier alpha value is -0.340. The Bertz CT molecular complexity index is 339. The van der Waals surface area contributed by atoms with Gasteiger partial charge in [0.2, 0.25) is 0 Å². The van der Waals surface area contributed by atoms with E-state index in [2.05, 4.69) is 52.9 Å². The van der Waals surface area contributed by atoms with Crippen molar-refractivity contribution in [1.82, 2.24) is 5.32 Å². The van der Waals surface area contributed by atoms with Gasteiger partial charge in [0.1, 0.15) is 0 Å². The largest absolute Gasteiger partial charge is 0.309 e. The molecule has 1 aromatic heterocycles. The molecule has 2 heteroatoms. The molecule has 1 heterocycles. The van der Waals surface area contributed by atoms with Crippen LogP contribution >= 0.6 is 11.3 Å². The molecular formula is C14H25NS. The molecule has 0 saturated heterocycles. The molecule has 0 aromatic carbocycles. The molecule has 1 unspecified atom stereocenters. The molecule has 1 rings (SSSR count). The summed E-state index contributed by atoms with van der Waals surface area (Å²) in [5, 5.41) is 3.65. The van der Waals surface area contributed by atoms with Crippen LogP contribution in [0.25, 0.3) is 0 Å². The normalized spacial score (nSPS) is 14.1. The van der Waals surface area contributed by atoms with Gasteiger partial charge in [0.15, 0.2) is 0 Å². The minimum Gasteiger partial charge on any atom is -0.309 e. The second-order valence-electron chi connectivity index (χ2n) is 5.24. The highest BCUT2D eigenvalue weighted by Gasteiger charge is 2.30. The summed E-state index contributed by atoms with van der Waals surface area (Å²) in [5.41, 5.74) is 1.76. The van der Waals surface area contributed by atoms with E-state index in [1.807, 2.05) is 11.3 Å². The highest BCUT2D eigenvalue weighted by molar-refractivity contribution is 7.12. The molecule has 0 aliphatic carbocycles. The summed E-state index contributed by atoms with van der Waals surface area (Å²) >= 11 is 1.94. The van der Waals surface area contributed by atoms with E-state index >= 15 is 0 Å². The van der Waals surface area contributed by atoms with Crippen LogP contribution in [0.4, 0.5) is 0 Å². The standard InChI is InChI=1S/C14H25NS/c1-7-14(5,6)13(15-8-2)12-10(3)9-11(4)16-12/h9,13,15H,7-8H2,1-6H3. The zero-order chi connectivity index (χ0) is 12.3.